The minimum Gasteiger partial charge on any atom is -0.462 e. The van der Waals surface area contributed by atoms with Crippen LogP contribution in [0.2, 0.25) is 0 Å². The number of nitrogens with one attached hydrogen (secondary N) is 1. The molecule has 25 heavy (non-hydrogen) atoms. The predicted octanol–water partition coefficient (Wildman–Crippen LogP) is 4.05. The van der Waals surface area contributed by atoms with Crippen molar-refractivity contribution in [3.8, 4) is 11.1 Å². The van der Waals surface area contributed by atoms with Crippen molar-refractivity contribution in [2.75, 3.05) is 13.2 Å². The fourth-order valence-electron chi connectivity index (χ4n) is 2.27. The van der Waals surface area contributed by atoms with Gasteiger partial charge in [-0.2, -0.15) is 13.2 Å². The molecule has 2 rings (SSSR count). The van der Waals surface area contributed by atoms with E-state index in [0.29, 0.717) is 5.56 Å². The van der Waals surface area contributed by atoms with Gasteiger partial charge >= 0.3 is 18.1 Å². The number of aromatic nitrogens is 1. The van der Waals surface area contributed by atoms with Crippen molar-refractivity contribution >= 4 is 11.9 Å². The molecule has 134 valence electrons. The average molecular weight is 355 g/mol. The lowest BCUT2D eigenvalue weighted by Gasteiger charge is -2.09. The van der Waals surface area contributed by atoms with Crippen molar-refractivity contribution < 1.29 is 32.2 Å². The third-order valence-corrected chi connectivity index (χ3v) is 3.36. The number of alkyl halides is 3. The summed E-state index contributed by atoms with van der Waals surface area (Å²) in [4.78, 5) is 26.9. The van der Waals surface area contributed by atoms with Crippen molar-refractivity contribution in [1.29, 1.82) is 0 Å². The van der Waals surface area contributed by atoms with Gasteiger partial charge in [0.15, 0.2) is 0 Å². The monoisotopic (exact) mass is 355 g/mol. The summed E-state index contributed by atoms with van der Waals surface area (Å²) in [6, 6.07) is 4.26. The first-order valence-corrected chi connectivity index (χ1v) is 7.52. The number of carbonyl (C=O) groups is 2. The molecular formula is C17H16F3NO4. The van der Waals surface area contributed by atoms with E-state index in [9.17, 15) is 22.8 Å². The van der Waals surface area contributed by atoms with Gasteiger partial charge in [-0.15, -0.1) is 0 Å². The maximum absolute atomic E-state index is 12.7. The van der Waals surface area contributed by atoms with E-state index in [0.717, 1.165) is 12.1 Å². The Morgan fingerprint density at radius 1 is 1.00 bits per heavy atom. The van der Waals surface area contributed by atoms with Gasteiger partial charge in [0.05, 0.1) is 24.3 Å². The number of halogens is 3. The first-order valence-electron chi connectivity index (χ1n) is 7.52. The van der Waals surface area contributed by atoms with Crippen LogP contribution in [0.3, 0.4) is 0 Å². The fraction of sp³-hybridized carbons (Fsp3) is 0.294. The second-order valence-electron chi connectivity index (χ2n) is 4.97. The van der Waals surface area contributed by atoms with Crippen molar-refractivity contribution in [3.63, 3.8) is 0 Å². The summed E-state index contributed by atoms with van der Waals surface area (Å²) < 4.78 is 47.9. The van der Waals surface area contributed by atoms with Crippen molar-refractivity contribution in [2.45, 2.75) is 20.0 Å². The fourth-order valence-corrected chi connectivity index (χ4v) is 2.27. The highest BCUT2D eigenvalue weighted by Crippen LogP contribution is 2.33. The van der Waals surface area contributed by atoms with Crippen LogP contribution in [0.15, 0.2) is 30.5 Å². The number of benzene rings is 1. The van der Waals surface area contributed by atoms with Gasteiger partial charge in [0, 0.05) is 11.8 Å². The highest BCUT2D eigenvalue weighted by Gasteiger charge is 2.31. The van der Waals surface area contributed by atoms with Crippen LogP contribution in [0.1, 0.15) is 40.3 Å². The van der Waals surface area contributed by atoms with E-state index in [4.69, 9.17) is 9.47 Å². The molecule has 0 radical (unpaired) electrons. The zero-order chi connectivity index (χ0) is 18.6. The lowest BCUT2D eigenvalue weighted by Crippen LogP contribution is -2.14. The molecule has 0 atom stereocenters. The van der Waals surface area contributed by atoms with Gasteiger partial charge in [0.2, 0.25) is 0 Å². The summed E-state index contributed by atoms with van der Waals surface area (Å²) >= 11 is 0. The second-order valence-corrected chi connectivity index (χ2v) is 4.97. The number of aromatic amines is 1. The molecular weight excluding hydrogens is 339 g/mol. The van der Waals surface area contributed by atoms with Gasteiger partial charge < -0.3 is 14.5 Å². The first-order chi connectivity index (χ1) is 11.8. The molecule has 8 heteroatoms. The largest absolute Gasteiger partial charge is 0.462 e. The maximum atomic E-state index is 12.7. The summed E-state index contributed by atoms with van der Waals surface area (Å²) in [5, 5.41) is 0. The molecule has 0 spiro atoms. The van der Waals surface area contributed by atoms with Crippen molar-refractivity contribution in [2.24, 2.45) is 0 Å². The number of rotatable bonds is 5. The van der Waals surface area contributed by atoms with Crippen molar-refractivity contribution in [3.05, 3.63) is 47.3 Å². The van der Waals surface area contributed by atoms with Gasteiger partial charge in [-0.05, 0) is 31.5 Å². The van der Waals surface area contributed by atoms with Gasteiger partial charge in [-0.1, -0.05) is 12.1 Å². The standard InChI is InChI=1S/C17H16F3NO4/c1-3-24-15(22)13-12(9-21-14(13)16(23)25-4-2)10-5-7-11(8-6-10)17(18,19)20/h5-9,21H,3-4H2,1-2H3. The van der Waals surface area contributed by atoms with Crippen LogP contribution in [0, 0.1) is 0 Å². The molecule has 0 fully saturated rings. The molecule has 5 nitrogen and oxygen atoms in total. The number of carbonyl (C=O) groups excluding carboxylic acids is 2. The van der Waals surface area contributed by atoms with E-state index in [1.165, 1.54) is 18.3 Å². The Morgan fingerprint density at radius 3 is 2.08 bits per heavy atom. The second kappa shape index (κ2) is 7.42. The minimum absolute atomic E-state index is 0.0694. The number of ether oxygens (including phenoxy) is 2. The van der Waals surface area contributed by atoms with Crippen LogP contribution in [-0.2, 0) is 15.7 Å². The zero-order valence-corrected chi connectivity index (χ0v) is 13.6. The van der Waals surface area contributed by atoms with E-state index in [1.807, 2.05) is 0 Å². The molecule has 2 aromatic rings. The maximum Gasteiger partial charge on any atom is 0.416 e. The molecule has 0 saturated carbocycles. The van der Waals surface area contributed by atoms with Gasteiger partial charge in [-0.25, -0.2) is 9.59 Å². The molecule has 0 saturated heterocycles. The van der Waals surface area contributed by atoms with Crippen LogP contribution in [-0.4, -0.2) is 30.1 Å². The third-order valence-electron chi connectivity index (χ3n) is 3.36. The molecule has 0 bridgehead atoms. The van der Waals surface area contributed by atoms with Gasteiger partial charge in [0.1, 0.15) is 5.69 Å². The van der Waals surface area contributed by atoms with E-state index in [1.54, 1.807) is 13.8 Å². The highest BCUT2D eigenvalue weighted by molar-refractivity contribution is 6.07. The minimum atomic E-state index is -4.46. The molecule has 1 N–H and O–H groups in total. The van der Waals surface area contributed by atoms with Crippen molar-refractivity contribution in [1.82, 2.24) is 4.98 Å². The van der Waals surface area contributed by atoms with Crippen LogP contribution in [0.4, 0.5) is 13.2 Å². The quantitative estimate of drug-likeness (QED) is 0.822. The molecule has 1 aromatic heterocycles. The molecule has 0 aliphatic carbocycles. The number of hydrogen-bond acceptors (Lipinski definition) is 4. The normalized spacial score (nSPS) is 11.2. The van der Waals surface area contributed by atoms with Crippen LogP contribution in [0.25, 0.3) is 11.1 Å². The topological polar surface area (TPSA) is 68.4 Å². The SMILES string of the molecule is CCOC(=O)c1[nH]cc(-c2ccc(C(F)(F)F)cc2)c1C(=O)OCC. The van der Waals surface area contributed by atoms with Crippen LogP contribution >= 0.6 is 0 Å². The van der Waals surface area contributed by atoms with E-state index < -0.39 is 23.7 Å². The van der Waals surface area contributed by atoms with Crippen LogP contribution in [0.5, 0.6) is 0 Å². The lowest BCUT2D eigenvalue weighted by molar-refractivity contribution is -0.137. The molecule has 0 aliphatic rings. The Hall–Kier alpha value is -2.77. The first kappa shape index (κ1) is 18.6. The van der Waals surface area contributed by atoms with Crippen LogP contribution < -0.4 is 0 Å². The van der Waals surface area contributed by atoms with Gasteiger partial charge in [0.25, 0.3) is 0 Å². The van der Waals surface area contributed by atoms with E-state index in [-0.39, 0.29) is 30.0 Å². The summed E-state index contributed by atoms with van der Waals surface area (Å²) in [5.41, 5.74) is -0.386. The number of esters is 2. The number of H-pyrrole nitrogens is 1. The molecule has 1 aromatic carbocycles. The summed E-state index contributed by atoms with van der Waals surface area (Å²) in [7, 11) is 0. The Bertz CT molecular complexity index is 763. The van der Waals surface area contributed by atoms with E-state index >= 15 is 0 Å². The lowest BCUT2D eigenvalue weighted by atomic mass is 10.0. The van der Waals surface area contributed by atoms with E-state index in [2.05, 4.69) is 4.98 Å². The smallest absolute Gasteiger partial charge is 0.416 e. The summed E-state index contributed by atoms with van der Waals surface area (Å²) in [6.45, 7) is 3.41. The highest BCUT2D eigenvalue weighted by atomic mass is 19.4. The average Bonchev–Trinajstić information content (AvgIpc) is 2.99. The Morgan fingerprint density at radius 2 is 1.56 bits per heavy atom. The Labute approximate surface area is 141 Å². The Balaban J connectivity index is 2.50. The van der Waals surface area contributed by atoms with Gasteiger partial charge in [-0.3, -0.25) is 0 Å². The molecule has 0 amide bonds. The zero-order valence-electron chi connectivity index (χ0n) is 13.6. The third kappa shape index (κ3) is 4.01. The summed E-state index contributed by atoms with van der Waals surface area (Å²) in [6.07, 6.45) is -3.10. The predicted molar refractivity (Wildman–Crippen MR) is 83.1 cm³/mol. The number of hydrogen-bond donors (Lipinski definition) is 1. The molecule has 0 unspecified atom stereocenters. The molecule has 1 heterocycles. The Kier molecular flexibility index (Phi) is 5.51. The molecule has 0 aliphatic heterocycles. The summed E-state index contributed by atoms with van der Waals surface area (Å²) in [5.74, 6) is -1.51.